The highest BCUT2D eigenvalue weighted by Crippen LogP contribution is 2.31. The molecule has 0 bridgehead atoms. The summed E-state index contributed by atoms with van der Waals surface area (Å²) in [6.45, 7) is 2.34. The first kappa shape index (κ1) is 17.3. The summed E-state index contributed by atoms with van der Waals surface area (Å²) in [5.41, 5.74) is -2.13. The summed E-state index contributed by atoms with van der Waals surface area (Å²) in [6, 6.07) is 5.15. The van der Waals surface area contributed by atoms with E-state index in [4.69, 9.17) is 4.74 Å². The lowest BCUT2D eigenvalue weighted by Gasteiger charge is -2.25. The minimum atomic E-state index is -1.52. The number of nitro benzene ring substituents is 1. The topological polar surface area (TPSA) is 115 Å². The molecule has 0 aliphatic heterocycles. The van der Waals surface area contributed by atoms with Crippen molar-refractivity contribution in [2.75, 3.05) is 0 Å². The maximum atomic E-state index is 13.2. The number of ether oxygens (including phenoxy) is 1. The zero-order valence-corrected chi connectivity index (χ0v) is 12.9. The van der Waals surface area contributed by atoms with Crippen molar-refractivity contribution in [1.29, 1.82) is 0 Å². The second-order valence-electron chi connectivity index (χ2n) is 5.54. The molecule has 0 unspecified atom stereocenters. The summed E-state index contributed by atoms with van der Waals surface area (Å²) in [5, 5.41) is 30.1. The fourth-order valence-electron chi connectivity index (χ4n) is 1.99. The maximum Gasteiger partial charge on any atom is 0.313 e. The number of nitro groups is 1. The first-order valence-corrected chi connectivity index (χ1v) is 6.85. The third kappa shape index (κ3) is 3.45. The molecule has 0 radical (unpaired) electrons. The highest BCUT2D eigenvalue weighted by Gasteiger charge is 2.33. The van der Waals surface area contributed by atoms with Gasteiger partial charge in [-0.2, -0.15) is 0 Å². The summed E-state index contributed by atoms with van der Waals surface area (Å²) in [6.07, 6.45) is 0. The number of rotatable bonds is 6. The Morgan fingerprint density at radius 2 is 1.88 bits per heavy atom. The first-order chi connectivity index (χ1) is 11.1. The van der Waals surface area contributed by atoms with E-state index in [1.165, 1.54) is 26.0 Å². The number of aromatic nitrogens is 1. The SMILES string of the molecule is CC(C)(Oc1ccc(F)cc1[N+](=O)[O-])C(=O)Cn1c(O)ccc1O. The van der Waals surface area contributed by atoms with Crippen LogP contribution >= 0.6 is 0 Å². The van der Waals surface area contributed by atoms with Gasteiger partial charge in [-0.15, -0.1) is 0 Å². The van der Waals surface area contributed by atoms with Gasteiger partial charge in [0.1, 0.15) is 5.82 Å². The van der Waals surface area contributed by atoms with Crippen molar-refractivity contribution < 1.29 is 29.1 Å². The number of ketones is 1. The quantitative estimate of drug-likeness (QED) is 0.617. The van der Waals surface area contributed by atoms with Crippen molar-refractivity contribution in [3.63, 3.8) is 0 Å². The van der Waals surface area contributed by atoms with Crippen LogP contribution in [0.4, 0.5) is 10.1 Å². The Balaban J connectivity index is 2.25. The highest BCUT2D eigenvalue weighted by molar-refractivity contribution is 5.87. The van der Waals surface area contributed by atoms with E-state index in [1.807, 2.05) is 0 Å². The van der Waals surface area contributed by atoms with E-state index < -0.39 is 34.4 Å². The second-order valence-corrected chi connectivity index (χ2v) is 5.54. The van der Waals surface area contributed by atoms with Crippen molar-refractivity contribution in [3.05, 3.63) is 46.3 Å². The fraction of sp³-hybridized carbons (Fsp3) is 0.267. The monoisotopic (exact) mass is 338 g/mol. The third-order valence-electron chi connectivity index (χ3n) is 3.39. The average Bonchev–Trinajstić information content (AvgIpc) is 2.80. The summed E-state index contributed by atoms with van der Waals surface area (Å²) in [4.78, 5) is 22.5. The average molecular weight is 338 g/mol. The number of aromatic hydroxyl groups is 2. The molecular weight excluding hydrogens is 323 g/mol. The van der Waals surface area contributed by atoms with Crippen LogP contribution in [0.25, 0.3) is 0 Å². The lowest BCUT2D eigenvalue weighted by atomic mass is 10.0. The van der Waals surface area contributed by atoms with Gasteiger partial charge in [-0.3, -0.25) is 19.5 Å². The summed E-state index contributed by atoms with van der Waals surface area (Å²) in [7, 11) is 0. The molecule has 2 rings (SSSR count). The molecule has 1 heterocycles. The van der Waals surface area contributed by atoms with Crippen LogP contribution in [0.15, 0.2) is 30.3 Å². The molecule has 0 aliphatic rings. The molecule has 0 fully saturated rings. The Bertz CT molecular complexity index is 780. The zero-order valence-electron chi connectivity index (χ0n) is 12.9. The minimum absolute atomic E-state index is 0.263. The van der Waals surface area contributed by atoms with Crippen LogP contribution in [0.3, 0.4) is 0 Å². The van der Waals surface area contributed by atoms with Gasteiger partial charge in [0.15, 0.2) is 28.9 Å². The Morgan fingerprint density at radius 3 is 2.42 bits per heavy atom. The smallest absolute Gasteiger partial charge is 0.313 e. The Labute approximate surface area is 135 Å². The summed E-state index contributed by atoms with van der Waals surface area (Å²) >= 11 is 0. The lowest BCUT2D eigenvalue weighted by Crippen LogP contribution is -2.40. The summed E-state index contributed by atoms with van der Waals surface area (Å²) < 4.78 is 19.5. The minimum Gasteiger partial charge on any atom is -0.494 e. The molecule has 0 amide bonds. The van der Waals surface area contributed by atoms with Gasteiger partial charge in [-0.1, -0.05) is 0 Å². The van der Waals surface area contributed by atoms with Crippen molar-refractivity contribution in [2.24, 2.45) is 0 Å². The number of carbonyl (C=O) groups excluding carboxylic acids is 1. The van der Waals surface area contributed by atoms with E-state index in [9.17, 15) is 29.5 Å². The molecule has 0 atom stereocenters. The van der Waals surface area contributed by atoms with Crippen LogP contribution in [0.2, 0.25) is 0 Å². The summed E-state index contributed by atoms with van der Waals surface area (Å²) in [5.74, 6) is -2.27. The molecule has 1 aromatic carbocycles. The van der Waals surface area contributed by atoms with E-state index in [1.54, 1.807) is 0 Å². The van der Waals surface area contributed by atoms with Crippen LogP contribution in [0, 0.1) is 15.9 Å². The maximum absolute atomic E-state index is 13.2. The van der Waals surface area contributed by atoms with E-state index >= 15 is 0 Å². The molecule has 0 saturated carbocycles. The molecule has 128 valence electrons. The van der Waals surface area contributed by atoms with Gasteiger partial charge in [0.25, 0.3) is 0 Å². The third-order valence-corrected chi connectivity index (χ3v) is 3.39. The Morgan fingerprint density at radius 1 is 1.29 bits per heavy atom. The molecule has 0 aliphatic carbocycles. The van der Waals surface area contributed by atoms with Crippen LogP contribution < -0.4 is 4.74 Å². The Hall–Kier alpha value is -3.10. The number of hydrogen-bond donors (Lipinski definition) is 2. The van der Waals surface area contributed by atoms with Crippen LogP contribution in [0.5, 0.6) is 17.5 Å². The van der Waals surface area contributed by atoms with E-state index in [0.717, 1.165) is 16.7 Å². The molecule has 1 aromatic heterocycles. The normalized spacial score (nSPS) is 11.3. The van der Waals surface area contributed by atoms with E-state index in [0.29, 0.717) is 6.07 Å². The standard InChI is InChI=1S/C15H15FN2O6/c1-15(2,12(19)8-17-13(20)5-6-14(17)21)24-11-4-3-9(16)7-10(11)18(22)23/h3-7,20-21H,8H2,1-2H3. The van der Waals surface area contributed by atoms with Crippen molar-refractivity contribution in [3.8, 4) is 17.5 Å². The number of Topliss-reactive ketones (excluding diaryl/α,β-unsaturated/α-hetero) is 1. The molecule has 0 saturated heterocycles. The number of carbonyl (C=O) groups is 1. The molecule has 0 spiro atoms. The van der Waals surface area contributed by atoms with Crippen LogP contribution in [-0.4, -0.2) is 31.1 Å². The lowest BCUT2D eigenvalue weighted by molar-refractivity contribution is -0.386. The Kier molecular flexibility index (Phi) is 4.45. The number of hydrogen-bond acceptors (Lipinski definition) is 6. The molecule has 2 N–H and O–H groups in total. The van der Waals surface area contributed by atoms with Crippen molar-refractivity contribution in [2.45, 2.75) is 26.0 Å². The zero-order chi connectivity index (χ0) is 18.1. The fourth-order valence-corrected chi connectivity index (χ4v) is 1.99. The molecular formula is C15H15FN2O6. The number of nitrogens with zero attached hydrogens (tertiary/aromatic N) is 2. The molecule has 24 heavy (non-hydrogen) atoms. The van der Waals surface area contributed by atoms with Gasteiger partial charge < -0.3 is 14.9 Å². The van der Waals surface area contributed by atoms with Gasteiger partial charge in [-0.05, 0) is 26.0 Å². The van der Waals surface area contributed by atoms with Crippen molar-refractivity contribution in [1.82, 2.24) is 4.57 Å². The van der Waals surface area contributed by atoms with E-state index in [-0.39, 0.29) is 17.5 Å². The largest absolute Gasteiger partial charge is 0.494 e. The van der Waals surface area contributed by atoms with Gasteiger partial charge in [-0.25, -0.2) is 4.39 Å². The predicted octanol–water partition coefficient (Wildman–Crippen LogP) is 2.37. The van der Waals surface area contributed by atoms with E-state index in [2.05, 4.69) is 0 Å². The number of benzene rings is 1. The molecule has 9 heteroatoms. The first-order valence-electron chi connectivity index (χ1n) is 6.85. The van der Waals surface area contributed by atoms with Gasteiger partial charge in [0, 0.05) is 12.1 Å². The van der Waals surface area contributed by atoms with Gasteiger partial charge >= 0.3 is 5.69 Å². The second kappa shape index (κ2) is 6.19. The predicted molar refractivity (Wildman–Crippen MR) is 80.5 cm³/mol. The van der Waals surface area contributed by atoms with Crippen LogP contribution in [-0.2, 0) is 11.3 Å². The van der Waals surface area contributed by atoms with Crippen LogP contribution in [0.1, 0.15) is 13.8 Å². The van der Waals surface area contributed by atoms with Gasteiger partial charge in [0.05, 0.1) is 17.5 Å². The van der Waals surface area contributed by atoms with Crippen molar-refractivity contribution >= 4 is 11.5 Å². The molecule has 8 nitrogen and oxygen atoms in total. The molecule has 2 aromatic rings. The highest BCUT2D eigenvalue weighted by atomic mass is 19.1. The van der Waals surface area contributed by atoms with Gasteiger partial charge in [0.2, 0.25) is 0 Å². The number of halogens is 1.